The van der Waals surface area contributed by atoms with Gasteiger partial charge in [0.1, 0.15) is 11.4 Å². The van der Waals surface area contributed by atoms with Crippen molar-refractivity contribution < 1.29 is 9.90 Å². The van der Waals surface area contributed by atoms with Crippen molar-refractivity contribution in [2.45, 2.75) is 6.92 Å². The van der Waals surface area contributed by atoms with Crippen LogP contribution in [-0.4, -0.2) is 21.0 Å². The highest BCUT2D eigenvalue weighted by atomic mass is 79.9. The van der Waals surface area contributed by atoms with Crippen LogP contribution in [0.4, 0.5) is 0 Å². The number of carboxylic acid groups (broad SMARTS) is 1. The molecule has 0 aliphatic heterocycles. The first-order chi connectivity index (χ1) is 8.49. The lowest BCUT2D eigenvalue weighted by atomic mass is 10.1. The van der Waals surface area contributed by atoms with Crippen LogP contribution in [-0.2, 0) is 0 Å². The molecule has 2 aromatic rings. The van der Waals surface area contributed by atoms with Crippen molar-refractivity contribution in [3.63, 3.8) is 0 Å². The van der Waals surface area contributed by atoms with Crippen LogP contribution >= 0.6 is 15.9 Å². The smallest absolute Gasteiger partial charge is 0.342 e. The van der Waals surface area contributed by atoms with E-state index in [9.17, 15) is 9.59 Å². The summed E-state index contributed by atoms with van der Waals surface area (Å²) in [6.45, 7) is 1.94. The summed E-state index contributed by atoms with van der Waals surface area (Å²) in [6.07, 6.45) is 1.06. The monoisotopic (exact) mass is 308 g/mol. The zero-order valence-electron chi connectivity index (χ0n) is 9.40. The number of aromatic carboxylic acids is 1. The number of hydrogen-bond acceptors (Lipinski definition) is 3. The maximum absolute atomic E-state index is 11.5. The van der Waals surface area contributed by atoms with Crippen LogP contribution in [0.25, 0.3) is 11.4 Å². The van der Waals surface area contributed by atoms with Gasteiger partial charge in [-0.3, -0.25) is 4.79 Å². The average molecular weight is 309 g/mol. The number of aromatic nitrogens is 2. The van der Waals surface area contributed by atoms with Crippen LogP contribution in [0.15, 0.2) is 33.7 Å². The number of rotatable bonds is 2. The molecule has 0 saturated heterocycles. The van der Waals surface area contributed by atoms with E-state index < -0.39 is 11.5 Å². The lowest BCUT2D eigenvalue weighted by Gasteiger charge is -2.05. The van der Waals surface area contributed by atoms with Gasteiger partial charge in [-0.05, 0) is 24.6 Å². The van der Waals surface area contributed by atoms with Crippen LogP contribution in [0, 0.1) is 6.92 Å². The standard InChI is InChI=1S/C12H9BrN2O3/c1-6-2-3-7(9(13)4-6)10-14-5-8(12(17)18)11(16)15-10/h2-5H,1H3,(H,17,18)(H,14,15,16). The summed E-state index contributed by atoms with van der Waals surface area (Å²) in [5.74, 6) is -0.963. The van der Waals surface area contributed by atoms with E-state index in [-0.39, 0.29) is 5.56 Å². The van der Waals surface area contributed by atoms with Gasteiger partial charge in [-0.1, -0.05) is 22.0 Å². The van der Waals surface area contributed by atoms with Crippen LogP contribution in [0.2, 0.25) is 0 Å². The summed E-state index contributed by atoms with van der Waals surface area (Å²) >= 11 is 3.38. The number of carboxylic acids is 1. The van der Waals surface area contributed by atoms with E-state index in [0.29, 0.717) is 11.4 Å². The zero-order chi connectivity index (χ0) is 13.3. The van der Waals surface area contributed by atoms with Crippen molar-refractivity contribution in [3.05, 3.63) is 50.3 Å². The largest absolute Gasteiger partial charge is 0.477 e. The van der Waals surface area contributed by atoms with Gasteiger partial charge in [-0.15, -0.1) is 0 Å². The number of H-pyrrole nitrogens is 1. The molecule has 0 unspecified atom stereocenters. The Kier molecular flexibility index (Phi) is 3.29. The normalized spacial score (nSPS) is 10.3. The van der Waals surface area contributed by atoms with Crippen molar-refractivity contribution in [1.29, 1.82) is 0 Å². The SMILES string of the molecule is Cc1ccc(-c2ncc(C(=O)O)c(=O)[nH]2)c(Br)c1. The molecular weight excluding hydrogens is 300 g/mol. The Bertz CT molecular complexity index is 679. The number of benzene rings is 1. The molecule has 1 aromatic heterocycles. The van der Waals surface area contributed by atoms with E-state index in [1.165, 1.54) is 0 Å². The van der Waals surface area contributed by atoms with Gasteiger partial charge in [0.2, 0.25) is 0 Å². The van der Waals surface area contributed by atoms with Crippen LogP contribution in [0.1, 0.15) is 15.9 Å². The summed E-state index contributed by atoms with van der Waals surface area (Å²) in [7, 11) is 0. The Morgan fingerprint density at radius 3 is 2.72 bits per heavy atom. The first-order valence-electron chi connectivity index (χ1n) is 5.08. The summed E-state index contributed by atoms with van der Waals surface area (Å²) in [5, 5.41) is 8.75. The second-order valence-electron chi connectivity index (χ2n) is 3.76. The molecule has 2 N–H and O–H groups in total. The van der Waals surface area contributed by atoms with Gasteiger partial charge in [0.15, 0.2) is 0 Å². The molecule has 2 rings (SSSR count). The van der Waals surface area contributed by atoms with E-state index in [2.05, 4.69) is 25.9 Å². The number of halogens is 1. The fourth-order valence-corrected chi connectivity index (χ4v) is 2.18. The lowest BCUT2D eigenvalue weighted by molar-refractivity contribution is 0.0694. The first kappa shape index (κ1) is 12.5. The molecule has 1 heterocycles. The average Bonchev–Trinajstić information content (AvgIpc) is 2.28. The van der Waals surface area contributed by atoms with Crippen molar-refractivity contribution >= 4 is 21.9 Å². The molecule has 1 aromatic carbocycles. The Labute approximate surface area is 111 Å². The minimum atomic E-state index is -1.29. The number of aromatic amines is 1. The summed E-state index contributed by atoms with van der Waals surface area (Å²) in [6, 6.07) is 5.57. The Balaban J connectivity index is 2.56. The van der Waals surface area contributed by atoms with Crippen LogP contribution < -0.4 is 5.56 Å². The van der Waals surface area contributed by atoms with Gasteiger partial charge in [-0.2, -0.15) is 0 Å². The summed E-state index contributed by atoms with van der Waals surface area (Å²) < 4.78 is 0.786. The third kappa shape index (κ3) is 2.33. The number of aryl methyl sites for hydroxylation is 1. The minimum Gasteiger partial charge on any atom is -0.477 e. The highest BCUT2D eigenvalue weighted by Crippen LogP contribution is 2.25. The lowest BCUT2D eigenvalue weighted by Crippen LogP contribution is -2.18. The number of nitrogens with one attached hydrogen (secondary N) is 1. The van der Waals surface area contributed by atoms with Gasteiger partial charge < -0.3 is 10.1 Å². The molecule has 6 heteroatoms. The molecule has 0 aliphatic rings. The highest BCUT2D eigenvalue weighted by molar-refractivity contribution is 9.10. The Hall–Kier alpha value is -1.95. The van der Waals surface area contributed by atoms with Gasteiger partial charge in [0, 0.05) is 16.2 Å². The Morgan fingerprint density at radius 2 is 2.17 bits per heavy atom. The quantitative estimate of drug-likeness (QED) is 0.891. The molecule has 0 amide bonds. The van der Waals surface area contributed by atoms with Crippen molar-refractivity contribution in [1.82, 2.24) is 9.97 Å². The predicted octanol–water partition coefficient (Wildman–Crippen LogP) is 2.21. The van der Waals surface area contributed by atoms with Gasteiger partial charge in [0.25, 0.3) is 5.56 Å². The van der Waals surface area contributed by atoms with E-state index in [1.54, 1.807) is 6.07 Å². The first-order valence-corrected chi connectivity index (χ1v) is 5.87. The van der Waals surface area contributed by atoms with E-state index in [0.717, 1.165) is 16.2 Å². The third-order valence-corrected chi connectivity index (χ3v) is 3.07. The second kappa shape index (κ2) is 4.73. The minimum absolute atomic E-state index is 0.330. The van der Waals surface area contributed by atoms with Gasteiger partial charge >= 0.3 is 5.97 Å². The highest BCUT2D eigenvalue weighted by Gasteiger charge is 2.12. The molecule has 0 radical (unpaired) electrons. The van der Waals surface area contributed by atoms with E-state index in [1.807, 2.05) is 19.1 Å². The fourth-order valence-electron chi connectivity index (χ4n) is 1.50. The van der Waals surface area contributed by atoms with E-state index >= 15 is 0 Å². The fraction of sp³-hybridized carbons (Fsp3) is 0.0833. The molecule has 0 saturated carbocycles. The molecule has 18 heavy (non-hydrogen) atoms. The molecule has 92 valence electrons. The van der Waals surface area contributed by atoms with Crippen molar-refractivity contribution in [2.75, 3.05) is 0 Å². The second-order valence-corrected chi connectivity index (χ2v) is 4.62. The molecule has 0 fully saturated rings. The summed E-state index contributed by atoms with van der Waals surface area (Å²) in [4.78, 5) is 28.7. The maximum atomic E-state index is 11.5. The van der Waals surface area contributed by atoms with Crippen LogP contribution in [0.5, 0.6) is 0 Å². The third-order valence-electron chi connectivity index (χ3n) is 2.41. The predicted molar refractivity (Wildman–Crippen MR) is 69.7 cm³/mol. The molecule has 0 bridgehead atoms. The molecular formula is C12H9BrN2O3. The number of hydrogen-bond donors (Lipinski definition) is 2. The van der Waals surface area contributed by atoms with Crippen LogP contribution in [0.3, 0.4) is 0 Å². The number of carbonyl (C=O) groups is 1. The van der Waals surface area contributed by atoms with Gasteiger partial charge in [-0.25, -0.2) is 9.78 Å². The molecule has 0 spiro atoms. The Morgan fingerprint density at radius 1 is 1.44 bits per heavy atom. The molecule has 5 nitrogen and oxygen atoms in total. The zero-order valence-corrected chi connectivity index (χ0v) is 11.0. The van der Waals surface area contributed by atoms with E-state index in [4.69, 9.17) is 5.11 Å². The summed E-state index contributed by atoms with van der Waals surface area (Å²) in [5.41, 5.74) is 0.728. The molecule has 0 atom stereocenters. The maximum Gasteiger partial charge on any atom is 0.342 e. The topological polar surface area (TPSA) is 83.0 Å². The van der Waals surface area contributed by atoms with Crippen molar-refractivity contribution in [3.8, 4) is 11.4 Å². The van der Waals surface area contributed by atoms with Gasteiger partial charge in [0.05, 0.1) is 0 Å². The molecule has 0 aliphatic carbocycles. The van der Waals surface area contributed by atoms with Crippen molar-refractivity contribution in [2.24, 2.45) is 0 Å². The number of nitrogens with zero attached hydrogens (tertiary/aromatic N) is 1.